The predicted octanol–water partition coefficient (Wildman–Crippen LogP) is 3.34. The molecule has 1 heterocycles. The van der Waals surface area contributed by atoms with Crippen molar-refractivity contribution in [3.63, 3.8) is 0 Å². The van der Waals surface area contributed by atoms with Gasteiger partial charge in [-0.25, -0.2) is 0 Å². The molecule has 2 atom stereocenters. The van der Waals surface area contributed by atoms with Crippen LogP contribution in [0.1, 0.15) is 57.6 Å². The molecule has 3 rings (SSSR count). The van der Waals surface area contributed by atoms with Crippen molar-refractivity contribution in [3.8, 4) is 11.8 Å². The number of aryl methyl sites for hydroxylation is 1. The first-order valence-electron chi connectivity index (χ1n) is 14.2. The van der Waals surface area contributed by atoms with Gasteiger partial charge < -0.3 is 20.7 Å². The summed E-state index contributed by atoms with van der Waals surface area (Å²) in [6.07, 6.45) is 2.85. The number of hydrogen-bond acceptors (Lipinski definition) is 7. The summed E-state index contributed by atoms with van der Waals surface area (Å²) in [7, 11) is 0. The van der Waals surface area contributed by atoms with E-state index in [1.165, 1.54) is 0 Å². The molecule has 3 N–H and O–H groups in total. The van der Waals surface area contributed by atoms with Crippen LogP contribution in [-0.4, -0.2) is 53.1 Å². The molecule has 0 radical (unpaired) electrons. The van der Waals surface area contributed by atoms with Crippen molar-refractivity contribution in [1.29, 1.82) is 5.26 Å². The SMILES string of the molecule is Cc1ccc(NC(=O)[C@H](C)NC(=O)[C@@H](NC(=O)CCCCCN2C(=O)C=C(Oc3ccc(C#N)cc3)C2=O)C(C)C)cc1. The van der Waals surface area contributed by atoms with Gasteiger partial charge in [-0.3, -0.25) is 28.9 Å². The number of nitriles is 1. The van der Waals surface area contributed by atoms with E-state index in [-0.39, 0.29) is 36.5 Å². The van der Waals surface area contributed by atoms with Gasteiger partial charge in [-0.1, -0.05) is 38.0 Å². The number of amides is 5. The summed E-state index contributed by atoms with van der Waals surface area (Å²) < 4.78 is 5.52. The Morgan fingerprint density at radius 1 is 0.907 bits per heavy atom. The highest BCUT2D eigenvalue weighted by Crippen LogP contribution is 2.20. The summed E-state index contributed by atoms with van der Waals surface area (Å²) in [5, 5.41) is 17.1. The second-order valence-corrected chi connectivity index (χ2v) is 10.7. The monoisotopic (exact) mass is 587 g/mol. The highest BCUT2D eigenvalue weighted by Gasteiger charge is 2.32. The fraction of sp³-hybridized carbons (Fsp3) is 0.375. The largest absolute Gasteiger partial charge is 0.451 e. The molecule has 11 heteroatoms. The fourth-order valence-corrected chi connectivity index (χ4v) is 4.26. The lowest BCUT2D eigenvalue weighted by Crippen LogP contribution is -2.53. The van der Waals surface area contributed by atoms with Crippen molar-refractivity contribution < 1.29 is 28.7 Å². The maximum absolute atomic E-state index is 12.9. The van der Waals surface area contributed by atoms with Gasteiger partial charge in [0.2, 0.25) is 17.7 Å². The second-order valence-electron chi connectivity index (χ2n) is 10.7. The van der Waals surface area contributed by atoms with Crippen LogP contribution in [0.3, 0.4) is 0 Å². The molecule has 2 aromatic rings. The zero-order valence-electron chi connectivity index (χ0n) is 24.8. The number of carbonyl (C=O) groups excluding carboxylic acids is 5. The number of anilines is 1. The van der Waals surface area contributed by atoms with Crippen LogP contribution in [0.15, 0.2) is 60.4 Å². The van der Waals surface area contributed by atoms with Gasteiger partial charge in [0.1, 0.15) is 17.8 Å². The molecule has 0 fully saturated rings. The Labute approximate surface area is 251 Å². The fourth-order valence-electron chi connectivity index (χ4n) is 4.26. The third-order valence-electron chi connectivity index (χ3n) is 6.81. The molecule has 1 aliphatic heterocycles. The highest BCUT2D eigenvalue weighted by molar-refractivity contribution is 6.15. The predicted molar refractivity (Wildman–Crippen MR) is 159 cm³/mol. The summed E-state index contributed by atoms with van der Waals surface area (Å²) in [5.74, 6) is -2.10. The quantitative estimate of drug-likeness (QED) is 0.226. The zero-order valence-corrected chi connectivity index (χ0v) is 24.8. The van der Waals surface area contributed by atoms with E-state index in [0.717, 1.165) is 16.5 Å². The summed E-state index contributed by atoms with van der Waals surface area (Å²) in [5.41, 5.74) is 2.13. The van der Waals surface area contributed by atoms with E-state index in [4.69, 9.17) is 10.00 Å². The average Bonchev–Trinajstić information content (AvgIpc) is 3.24. The van der Waals surface area contributed by atoms with Gasteiger partial charge in [-0.15, -0.1) is 0 Å². The van der Waals surface area contributed by atoms with Gasteiger partial charge in [-0.2, -0.15) is 5.26 Å². The summed E-state index contributed by atoms with van der Waals surface area (Å²) >= 11 is 0. The molecule has 0 aromatic heterocycles. The van der Waals surface area contributed by atoms with Crippen molar-refractivity contribution in [2.24, 2.45) is 5.92 Å². The van der Waals surface area contributed by atoms with Crippen LogP contribution in [0.25, 0.3) is 0 Å². The number of benzene rings is 2. The van der Waals surface area contributed by atoms with E-state index in [0.29, 0.717) is 36.3 Å². The molecule has 11 nitrogen and oxygen atoms in total. The van der Waals surface area contributed by atoms with Crippen LogP contribution in [0.5, 0.6) is 5.75 Å². The molecule has 43 heavy (non-hydrogen) atoms. The van der Waals surface area contributed by atoms with Gasteiger partial charge in [0.15, 0.2) is 5.76 Å². The van der Waals surface area contributed by atoms with Gasteiger partial charge in [0.25, 0.3) is 11.8 Å². The molecule has 0 saturated carbocycles. The Bertz CT molecular complexity index is 1410. The first-order valence-corrected chi connectivity index (χ1v) is 14.2. The third-order valence-corrected chi connectivity index (χ3v) is 6.81. The standard InChI is InChI=1S/C32H37N5O6/c1-20(2)29(31(41)34-22(4)30(40)35-24-13-9-21(3)10-14-24)36-27(38)8-6-5-7-17-37-28(39)18-26(32(37)42)43-25-15-11-23(19-33)12-16-25/h9-16,18,20,22,29H,5-8,17H2,1-4H3,(H,34,41)(H,35,40)(H,36,38)/t22-,29-/m0/s1. The van der Waals surface area contributed by atoms with Crippen molar-refractivity contribution in [3.05, 3.63) is 71.5 Å². The number of unbranched alkanes of at least 4 members (excludes halogenated alkanes) is 2. The maximum atomic E-state index is 12.9. The minimum atomic E-state index is -0.817. The minimum absolute atomic E-state index is 0.0889. The smallest absolute Gasteiger partial charge is 0.296 e. The van der Waals surface area contributed by atoms with Gasteiger partial charge in [0.05, 0.1) is 17.7 Å². The van der Waals surface area contributed by atoms with E-state index >= 15 is 0 Å². The van der Waals surface area contributed by atoms with Crippen molar-refractivity contribution in [1.82, 2.24) is 15.5 Å². The number of carbonyl (C=O) groups is 5. The number of rotatable bonds is 14. The first-order chi connectivity index (χ1) is 20.5. The van der Waals surface area contributed by atoms with Gasteiger partial charge >= 0.3 is 0 Å². The van der Waals surface area contributed by atoms with E-state index < -0.39 is 29.8 Å². The Balaban J connectivity index is 1.38. The Hall–Kier alpha value is -4.98. The number of imide groups is 1. The van der Waals surface area contributed by atoms with Crippen LogP contribution >= 0.6 is 0 Å². The Morgan fingerprint density at radius 2 is 1.58 bits per heavy atom. The van der Waals surface area contributed by atoms with Gasteiger partial charge in [-0.05, 0) is 69.0 Å². The third kappa shape index (κ3) is 9.53. The molecular formula is C32H37N5O6. The molecule has 0 bridgehead atoms. The van der Waals surface area contributed by atoms with Crippen molar-refractivity contribution >= 4 is 35.2 Å². The lowest BCUT2D eigenvalue weighted by atomic mass is 10.0. The average molecular weight is 588 g/mol. The van der Waals surface area contributed by atoms with E-state index in [1.807, 2.05) is 25.1 Å². The van der Waals surface area contributed by atoms with Crippen molar-refractivity contribution in [2.45, 2.75) is 65.5 Å². The Kier molecular flexibility index (Phi) is 11.6. The summed E-state index contributed by atoms with van der Waals surface area (Å²) in [6.45, 7) is 7.31. The first kappa shape index (κ1) is 32.5. The lowest BCUT2D eigenvalue weighted by molar-refractivity contribution is -0.138. The highest BCUT2D eigenvalue weighted by atomic mass is 16.5. The van der Waals surface area contributed by atoms with Crippen LogP contribution in [0, 0.1) is 24.2 Å². The summed E-state index contributed by atoms with van der Waals surface area (Å²) in [4.78, 5) is 64.0. The molecule has 5 amide bonds. The number of nitrogens with one attached hydrogen (secondary N) is 3. The molecule has 0 unspecified atom stereocenters. The maximum Gasteiger partial charge on any atom is 0.296 e. The van der Waals surface area contributed by atoms with Crippen LogP contribution in [-0.2, 0) is 24.0 Å². The molecule has 226 valence electrons. The van der Waals surface area contributed by atoms with Gasteiger partial charge in [0, 0.05) is 18.7 Å². The molecule has 2 aromatic carbocycles. The van der Waals surface area contributed by atoms with Crippen LogP contribution < -0.4 is 20.7 Å². The van der Waals surface area contributed by atoms with Crippen LogP contribution in [0.4, 0.5) is 5.69 Å². The van der Waals surface area contributed by atoms with Crippen molar-refractivity contribution in [2.75, 3.05) is 11.9 Å². The zero-order chi connectivity index (χ0) is 31.5. The number of nitrogens with zero attached hydrogens (tertiary/aromatic N) is 2. The minimum Gasteiger partial charge on any atom is -0.451 e. The van der Waals surface area contributed by atoms with E-state index in [2.05, 4.69) is 16.0 Å². The normalized spacial score (nSPS) is 14.0. The molecule has 0 saturated heterocycles. The number of ether oxygens (including phenoxy) is 1. The molecule has 1 aliphatic rings. The Morgan fingerprint density at radius 3 is 2.21 bits per heavy atom. The topological polar surface area (TPSA) is 158 Å². The van der Waals surface area contributed by atoms with E-state index in [1.54, 1.807) is 57.2 Å². The molecular weight excluding hydrogens is 550 g/mol. The van der Waals surface area contributed by atoms with E-state index in [9.17, 15) is 24.0 Å². The van der Waals surface area contributed by atoms with Crippen LogP contribution in [0.2, 0.25) is 0 Å². The second kappa shape index (κ2) is 15.3. The lowest BCUT2D eigenvalue weighted by Gasteiger charge is -2.24. The summed E-state index contributed by atoms with van der Waals surface area (Å²) in [6, 6.07) is 13.9. The molecule has 0 spiro atoms. The number of hydrogen-bond donors (Lipinski definition) is 3. The molecule has 0 aliphatic carbocycles.